The number of benzene rings is 1. The molecule has 7 heteroatoms. The fraction of sp³-hybridized carbons (Fsp3) is 0.412. The summed E-state index contributed by atoms with van der Waals surface area (Å²) >= 11 is 0.275. The van der Waals surface area contributed by atoms with Crippen LogP contribution >= 0.6 is 0 Å². The summed E-state index contributed by atoms with van der Waals surface area (Å²) in [6.07, 6.45) is 1.63. The monoisotopic (exact) mass is 395 g/mol. The Hall–Kier alpha value is -1.66. The molecule has 6 nitrogen and oxygen atoms in total. The zero-order chi connectivity index (χ0) is 17.3. The van der Waals surface area contributed by atoms with E-state index >= 15 is 0 Å². The normalized spacial score (nSPS) is 23.5. The van der Waals surface area contributed by atoms with Gasteiger partial charge >= 0.3 is 146 Å². The molecule has 1 aliphatic heterocycles. The van der Waals surface area contributed by atoms with Crippen LogP contribution in [0.2, 0.25) is 5.32 Å². The quantitative estimate of drug-likeness (QED) is 0.726. The summed E-state index contributed by atoms with van der Waals surface area (Å²) in [7, 11) is 0. The van der Waals surface area contributed by atoms with Crippen molar-refractivity contribution in [1.82, 2.24) is 9.55 Å². The number of rotatable bonds is 4. The fourth-order valence-corrected chi connectivity index (χ4v) is 4.82. The Labute approximate surface area is 146 Å². The first kappa shape index (κ1) is 17.2. The summed E-state index contributed by atoms with van der Waals surface area (Å²) in [4.78, 5) is 25.8. The molecule has 0 spiro atoms. The van der Waals surface area contributed by atoms with Crippen LogP contribution in [-0.4, -0.2) is 36.7 Å². The Kier molecular flexibility index (Phi) is 5.06. The number of nitrogens with one attached hydrogen (secondary N) is 1. The van der Waals surface area contributed by atoms with Crippen LogP contribution in [0.4, 0.5) is 0 Å². The second-order valence-corrected chi connectivity index (χ2v) is 8.43. The molecule has 0 amide bonds. The number of H-pyrrole nitrogens is 1. The van der Waals surface area contributed by atoms with Crippen LogP contribution in [-0.2, 0) is 4.74 Å². The minimum atomic E-state index is -0.451. The van der Waals surface area contributed by atoms with Crippen molar-refractivity contribution in [3.05, 3.63) is 62.4 Å². The summed E-state index contributed by atoms with van der Waals surface area (Å²) in [5.74, 6) is 0. The van der Waals surface area contributed by atoms with E-state index in [1.165, 1.54) is 14.6 Å². The first-order valence-electron chi connectivity index (χ1n) is 7.86. The van der Waals surface area contributed by atoms with E-state index in [2.05, 4.69) is 36.2 Å². The third-order valence-electron chi connectivity index (χ3n) is 4.17. The van der Waals surface area contributed by atoms with Crippen molar-refractivity contribution >= 4 is 19.4 Å². The molecule has 1 aromatic carbocycles. The van der Waals surface area contributed by atoms with Gasteiger partial charge in [0.05, 0.1) is 0 Å². The third kappa shape index (κ3) is 3.70. The number of nitrogens with two attached hydrogens (primary N) is 1. The number of aromatic nitrogens is 2. The van der Waals surface area contributed by atoms with E-state index in [-0.39, 0.29) is 32.7 Å². The summed E-state index contributed by atoms with van der Waals surface area (Å²) in [6, 6.07) is 8.39. The number of aromatic amines is 1. The van der Waals surface area contributed by atoms with Gasteiger partial charge in [0.2, 0.25) is 0 Å². The van der Waals surface area contributed by atoms with E-state index in [1.807, 2.05) is 0 Å². The Balaban J connectivity index is 1.68. The van der Waals surface area contributed by atoms with Gasteiger partial charge in [0.25, 0.3) is 0 Å². The van der Waals surface area contributed by atoms with Gasteiger partial charge in [-0.1, -0.05) is 0 Å². The van der Waals surface area contributed by atoms with Gasteiger partial charge in [0.1, 0.15) is 0 Å². The maximum atomic E-state index is 12.0. The van der Waals surface area contributed by atoms with Gasteiger partial charge in [-0.15, -0.1) is 0 Å². The third-order valence-corrected chi connectivity index (χ3v) is 6.48. The standard InChI is InChI=1S/C17H21N3O3Se/c1-10-3-5-12(6-4-10)24-9-14-13(18)7-15(23-14)20-8-11(2)16(21)19-17(20)22/h3-6,8,13-15H,7,9,18H2,1-2H3,(H,19,21,22)/t13?,14-,15-/m1/s1. The molecule has 3 atom stereocenters. The first-order chi connectivity index (χ1) is 11.4. The van der Waals surface area contributed by atoms with Crippen molar-refractivity contribution in [3.8, 4) is 0 Å². The second-order valence-electron chi connectivity index (χ2n) is 6.13. The molecule has 0 aliphatic carbocycles. The van der Waals surface area contributed by atoms with Crippen LogP contribution in [0.15, 0.2) is 40.1 Å². The number of ether oxygens (including phenoxy) is 1. The Morgan fingerprint density at radius 3 is 2.71 bits per heavy atom. The molecule has 2 aromatic rings. The average molecular weight is 394 g/mol. The van der Waals surface area contributed by atoms with Crippen molar-refractivity contribution in [2.24, 2.45) is 5.73 Å². The van der Waals surface area contributed by atoms with Gasteiger partial charge in [0, 0.05) is 0 Å². The van der Waals surface area contributed by atoms with E-state index in [9.17, 15) is 9.59 Å². The molecule has 0 radical (unpaired) electrons. The molecule has 1 aliphatic rings. The van der Waals surface area contributed by atoms with Crippen LogP contribution in [0, 0.1) is 13.8 Å². The Bertz CT molecular complexity index is 828. The zero-order valence-electron chi connectivity index (χ0n) is 13.7. The molecule has 24 heavy (non-hydrogen) atoms. The van der Waals surface area contributed by atoms with E-state index in [0.29, 0.717) is 12.0 Å². The van der Waals surface area contributed by atoms with Gasteiger partial charge in [-0.25, -0.2) is 0 Å². The Morgan fingerprint density at radius 1 is 1.29 bits per heavy atom. The van der Waals surface area contributed by atoms with E-state index in [1.54, 1.807) is 13.1 Å². The molecule has 3 N–H and O–H groups in total. The number of aryl methyl sites for hydroxylation is 2. The molecule has 1 saturated heterocycles. The van der Waals surface area contributed by atoms with Crippen molar-refractivity contribution in [2.45, 2.75) is 44.0 Å². The summed E-state index contributed by atoms with van der Waals surface area (Å²) in [5.41, 5.74) is 7.13. The van der Waals surface area contributed by atoms with Crippen LogP contribution in [0.25, 0.3) is 0 Å². The molecule has 0 bridgehead atoms. The molecule has 1 fully saturated rings. The average Bonchev–Trinajstić information content (AvgIpc) is 2.91. The van der Waals surface area contributed by atoms with E-state index in [4.69, 9.17) is 10.5 Å². The zero-order valence-corrected chi connectivity index (χ0v) is 15.4. The van der Waals surface area contributed by atoms with Crippen molar-refractivity contribution in [1.29, 1.82) is 0 Å². The predicted molar refractivity (Wildman–Crippen MR) is 93.9 cm³/mol. The van der Waals surface area contributed by atoms with Crippen molar-refractivity contribution in [2.75, 3.05) is 0 Å². The van der Waals surface area contributed by atoms with Gasteiger partial charge in [-0.3, -0.25) is 0 Å². The molecular weight excluding hydrogens is 373 g/mol. The van der Waals surface area contributed by atoms with Gasteiger partial charge < -0.3 is 0 Å². The van der Waals surface area contributed by atoms with Crippen LogP contribution in [0.3, 0.4) is 0 Å². The van der Waals surface area contributed by atoms with Crippen molar-refractivity contribution < 1.29 is 4.74 Å². The van der Waals surface area contributed by atoms with Gasteiger partial charge in [0.15, 0.2) is 0 Å². The van der Waals surface area contributed by atoms with Crippen LogP contribution < -0.4 is 21.4 Å². The molecule has 2 heterocycles. The molecule has 128 valence electrons. The number of hydrogen-bond donors (Lipinski definition) is 2. The van der Waals surface area contributed by atoms with Crippen LogP contribution in [0.5, 0.6) is 0 Å². The second kappa shape index (κ2) is 7.07. The van der Waals surface area contributed by atoms with Gasteiger partial charge in [-0.05, 0) is 0 Å². The number of nitrogens with zero attached hydrogens (tertiary/aromatic N) is 1. The minimum absolute atomic E-state index is 0.0737. The SMILES string of the molecule is Cc1ccc([Se]C[C@H]2O[C@@H](n3cc(C)c(=O)[nH]c3=O)CC2N)cc1. The van der Waals surface area contributed by atoms with Crippen LogP contribution in [0.1, 0.15) is 23.8 Å². The first-order valence-corrected chi connectivity index (χ1v) is 9.93. The number of hydrogen-bond acceptors (Lipinski definition) is 4. The van der Waals surface area contributed by atoms with E-state index in [0.717, 1.165) is 5.32 Å². The summed E-state index contributed by atoms with van der Waals surface area (Å²) in [5, 5.41) is 0.866. The molecule has 1 aromatic heterocycles. The van der Waals surface area contributed by atoms with Crippen molar-refractivity contribution in [3.63, 3.8) is 0 Å². The summed E-state index contributed by atoms with van der Waals surface area (Å²) < 4.78 is 8.76. The molecular formula is C17H21N3O3Se. The molecule has 3 rings (SSSR count). The van der Waals surface area contributed by atoms with E-state index < -0.39 is 11.9 Å². The molecule has 1 unspecified atom stereocenters. The summed E-state index contributed by atoms with van der Waals surface area (Å²) in [6.45, 7) is 3.74. The topological polar surface area (TPSA) is 90.1 Å². The maximum absolute atomic E-state index is 12.0. The predicted octanol–water partition coefficient (Wildman–Crippen LogP) is 0.216. The Morgan fingerprint density at radius 2 is 2.00 bits per heavy atom. The fourth-order valence-electron chi connectivity index (χ4n) is 2.70. The molecule has 0 saturated carbocycles. The van der Waals surface area contributed by atoms with Gasteiger partial charge in [-0.2, -0.15) is 0 Å².